The van der Waals surface area contributed by atoms with Crippen molar-refractivity contribution in [3.8, 4) is 0 Å². The zero-order chi connectivity index (χ0) is 15.0. The van der Waals surface area contributed by atoms with Crippen LogP contribution in [0.25, 0.3) is 11.0 Å². The molecule has 0 fully saturated rings. The number of hydrogen-bond donors (Lipinski definition) is 1. The summed E-state index contributed by atoms with van der Waals surface area (Å²) in [6.07, 6.45) is 3.61. The standard InChI is InChI=1S/C15H15BrN4O/c1-19-7-11(16)6-12(19)8-20(2)15(21)10-3-4-13-14(5-10)18-9-17-13/h3-7,9H,8H2,1-2H3,(H,17,18). The molecule has 0 saturated carbocycles. The van der Waals surface area contributed by atoms with Gasteiger partial charge in [-0.05, 0) is 40.2 Å². The highest BCUT2D eigenvalue weighted by Crippen LogP contribution is 2.17. The third-order valence-corrected chi connectivity index (χ3v) is 3.92. The summed E-state index contributed by atoms with van der Waals surface area (Å²) in [5.74, 6) is -0.0103. The van der Waals surface area contributed by atoms with Crippen molar-refractivity contribution in [2.24, 2.45) is 7.05 Å². The molecule has 2 heterocycles. The number of carbonyl (C=O) groups is 1. The number of nitrogens with one attached hydrogen (secondary N) is 1. The van der Waals surface area contributed by atoms with Gasteiger partial charge in [0.25, 0.3) is 5.91 Å². The maximum Gasteiger partial charge on any atom is 0.254 e. The molecule has 6 heteroatoms. The molecular weight excluding hydrogens is 332 g/mol. The van der Waals surface area contributed by atoms with Gasteiger partial charge in [-0.15, -0.1) is 0 Å². The molecule has 0 unspecified atom stereocenters. The number of H-pyrrole nitrogens is 1. The van der Waals surface area contributed by atoms with Gasteiger partial charge < -0.3 is 14.5 Å². The number of aromatic amines is 1. The van der Waals surface area contributed by atoms with Crippen molar-refractivity contribution >= 4 is 32.9 Å². The second-order valence-corrected chi connectivity index (χ2v) is 5.97. The number of rotatable bonds is 3. The number of amides is 1. The molecule has 0 radical (unpaired) electrons. The molecule has 0 saturated heterocycles. The topological polar surface area (TPSA) is 53.9 Å². The van der Waals surface area contributed by atoms with Crippen molar-refractivity contribution < 1.29 is 4.79 Å². The lowest BCUT2D eigenvalue weighted by molar-refractivity contribution is 0.0782. The SMILES string of the molecule is CN(Cc1cc(Br)cn1C)C(=O)c1ccc2nc[nH]c2c1. The predicted octanol–water partition coefficient (Wildman–Crippen LogP) is 2.94. The third kappa shape index (κ3) is 2.71. The first-order chi connectivity index (χ1) is 10.0. The van der Waals surface area contributed by atoms with Crippen LogP contribution in [0.2, 0.25) is 0 Å². The lowest BCUT2D eigenvalue weighted by Gasteiger charge is -2.17. The van der Waals surface area contributed by atoms with E-state index in [1.807, 2.05) is 42.1 Å². The fraction of sp³-hybridized carbons (Fsp3) is 0.200. The first-order valence-corrected chi connectivity index (χ1v) is 7.33. The van der Waals surface area contributed by atoms with E-state index in [0.29, 0.717) is 12.1 Å². The molecule has 3 rings (SSSR count). The largest absolute Gasteiger partial charge is 0.352 e. The van der Waals surface area contributed by atoms with Gasteiger partial charge in [-0.2, -0.15) is 0 Å². The minimum absolute atomic E-state index is 0.0103. The number of benzene rings is 1. The predicted molar refractivity (Wildman–Crippen MR) is 85.0 cm³/mol. The summed E-state index contributed by atoms with van der Waals surface area (Å²) in [6.45, 7) is 0.557. The Morgan fingerprint density at radius 1 is 1.43 bits per heavy atom. The maximum absolute atomic E-state index is 12.5. The Labute approximate surface area is 130 Å². The number of halogens is 1. The summed E-state index contributed by atoms with van der Waals surface area (Å²) in [5.41, 5.74) is 3.46. The van der Waals surface area contributed by atoms with Crippen LogP contribution in [-0.4, -0.2) is 32.4 Å². The van der Waals surface area contributed by atoms with E-state index in [1.54, 1.807) is 18.3 Å². The van der Waals surface area contributed by atoms with Gasteiger partial charge in [0.15, 0.2) is 0 Å². The summed E-state index contributed by atoms with van der Waals surface area (Å²) >= 11 is 3.44. The number of carbonyl (C=O) groups excluding carboxylic acids is 1. The monoisotopic (exact) mass is 346 g/mol. The van der Waals surface area contributed by atoms with Gasteiger partial charge in [0.2, 0.25) is 0 Å². The van der Waals surface area contributed by atoms with Crippen LogP contribution in [0.1, 0.15) is 16.1 Å². The van der Waals surface area contributed by atoms with Gasteiger partial charge in [-0.25, -0.2) is 4.98 Å². The Morgan fingerprint density at radius 3 is 2.95 bits per heavy atom. The second-order valence-electron chi connectivity index (χ2n) is 5.06. The summed E-state index contributed by atoms with van der Waals surface area (Å²) < 4.78 is 3.02. The van der Waals surface area contributed by atoms with E-state index in [9.17, 15) is 4.79 Å². The molecule has 1 N–H and O–H groups in total. The fourth-order valence-corrected chi connectivity index (χ4v) is 2.90. The van der Waals surface area contributed by atoms with E-state index in [4.69, 9.17) is 0 Å². The molecule has 0 aliphatic rings. The van der Waals surface area contributed by atoms with Gasteiger partial charge in [0.05, 0.1) is 23.9 Å². The highest BCUT2D eigenvalue weighted by atomic mass is 79.9. The summed E-state index contributed by atoms with van der Waals surface area (Å²) in [6, 6.07) is 7.51. The molecule has 0 bridgehead atoms. The molecule has 0 aliphatic carbocycles. The third-order valence-electron chi connectivity index (χ3n) is 3.49. The fourth-order valence-electron chi connectivity index (χ4n) is 2.33. The normalized spacial score (nSPS) is 11.0. The molecule has 1 aromatic carbocycles. The Kier molecular flexibility index (Phi) is 3.55. The van der Waals surface area contributed by atoms with Crippen LogP contribution in [0, 0.1) is 0 Å². The summed E-state index contributed by atoms with van der Waals surface area (Å²) in [5, 5.41) is 0. The lowest BCUT2D eigenvalue weighted by Crippen LogP contribution is -2.27. The second kappa shape index (κ2) is 5.37. The molecule has 5 nitrogen and oxygen atoms in total. The number of aryl methyl sites for hydroxylation is 1. The smallest absolute Gasteiger partial charge is 0.254 e. The molecular formula is C15H15BrN4O. The van der Waals surface area contributed by atoms with Crippen LogP contribution >= 0.6 is 15.9 Å². The lowest BCUT2D eigenvalue weighted by atomic mass is 10.1. The molecule has 0 aliphatic heterocycles. The van der Waals surface area contributed by atoms with Crippen molar-refractivity contribution in [3.05, 3.63) is 52.5 Å². The van der Waals surface area contributed by atoms with Crippen LogP contribution < -0.4 is 0 Å². The van der Waals surface area contributed by atoms with E-state index in [1.165, 1.54) is 0 Å². The summed E-state index contributed by atoms with van der Waals surface area (Å²) in [7, 11) is 3.77. The molecule has 108 valence electrons. The van der Waals surface area contributed by atoms with E-state index < -0.39 is 0 Å². The number of hydrogen-bond acceptors (Lipinski definition) is 2. The molecule has 0 spiro atoms. The van der Waals surface area contributed by atoms with Crippen molar-refractivity contribution in [2.75, 3.05) is 7.05 Å². The van der Waals surface area contributed by atoms with Crippen LogP contribution in [0.15, 0.2) is 41.3 Å². The van der Waals surface area contributed by atoms with Crippen LogP contribution in [0.5, 0.6) is 0 Å². The Hall–Kier alpha value is -2.08. The average molecular weight is 347 g/mol. The first kappa shape index (κ1) is 13.9. The minimum atomic E-state index is -0.0103. The van der Waals surface area contributed by atoms with E-state index in [-0.39, 0.29) is 5.91 Å². The van der Waals surface area contributed by atoms with Crippen molar-refractivity contribution in [2.45, 2.75) is 6.54 Å². The summed E-state index contributed by atoms with van der Waals surface area (Å²) in [4.78, 5) is 21.4. The Morgan fingerprint density at radius 2 is 2.24 bits per heavy atom. The molecule has 0 atom stereocenters. The van der Waals surface area contributed by atoms with E-state index in [0.717, 1.165) is 21.2 Å². The van der Waals surface area contributed by atoms with Gasteiger partial charge in [0.1, 0.15) is 0 Å². The molecule has 2 aromatic heterocycles. The Bertz CT molecular complexity index is 805. The first-order valence-electron chi connectivity index (χ1n) is 6.54. The average Bonchev–Trinajstić information content (AvgIpc) is 3.03. The number of imidazole rings is 1. The van der Waals surface area contributed by atoms with Crippen molar-refractivity contribution in [1.82, 2.24) is 19.4 Å². The molecule has 1 amide bonds. The maximum atomic E-state index is 12.5. The van der Waals surface area contributed by atoms with Gasteiger partial charge in [-0.3, -0.25) is 4.79 Å². The van der Waals surface area contributed by atoms with E-state index >= 15 is 0 Å². The highest BCUT2D eigenvalue weighted by molar-refractivity contribution is 9.10. The number of nitrogens with zero attached hydrogens (tertiary/aromatic N) is 3. The van der Waals surface area contributed by atoms with Crippen LogP contribution in [-0.2, 0) is 13.6 Å². The molecule has 3 aromatic rings. The number of fused-ring (bicyclic) bond motifs is 1. The van der Waals surface area contributed by atoms with Gasteiger partial charge in [-0.1, -0.05) is 0 Å². The van der Waals surface area contributed by atoms with E-state index in [2.05, 4.69) is 25.9 Å². The van der Waals surface area contributed by atoms with Gasteiger partial charge in [0, 0.05) is 36.0 Å². The minimum Gasteiger partial charge on any atom is -0.352 e. The zero-order valence-corrected chi connectivity index (χ0v) is 13.4. The highest BCUT2D eigenvalue weighted by Gasteiger charge is 2.14. The van der Waals surface area contributed by atoms with Crippen LogP contribution in [0.4, 0.5) is 0 Å². The Balaban J connectivity index is 1.81. The number of aromatic nitrogens is 3. The van der Waals surface area contributed by atoms with Crippen molar-refractivity contribution in [1.29, 1.82) is 0 Å². The van der Waals surface area contributed by atoms with Crippen molar-refractivity contribution in [3.63, 3.8) is 0 Å². The molecule has 21 heavy (non-hydrogen) atoms. The zero-order valence-electron chi connectivity index (χ0n) is 11.8. The van der Waals surface area contributed by atoms with Crippen LogP contribution in [0.3, 0.4) is 0 Å². The quantitative estimate of drug-likeness (QED) is 0.792. The van der Waals surface area contributed by atoms with Gasteiger partial charge >= 0.3 is 0 Å².